The van der Waals surface area contributed by atoms with Crippen molar-refractivity contribution in [1.29, 1.82) is 0 Å². The second-order valence-corrected chi connectivity index (χ2v) is 6.48. The minimum atomic E-state index is -3.35. The summed E-state index contributed by atoms with van der Waals surface area (Å²) in [6.45, 7) is 0. The van der Waals surface area contributed by atoms with Crippen molar-refractivity contribution < 1.29 is 17.9 Å². The van der Waals surface area contributed by atoms with Gasteiger partial charge in [0.15, 0.2) is 9.84 Å². The first-order valence-corrected chi connectivity index (χ1v) is 7.84. The first kappa shape index (κ1) is 14.9. The maximum Gasteiger partial charge on any atom is 0.252 e. The molecular weight excluding hydrogens is 292 g/mol. The highest BCUT2D eigenvalue weighted by atomic mass is 32.2. The normalized spacial score (nSPS) is 11.1. The number of rotatable bonds is 4. The molecule has 0 bridgehead atoms. The maximum absolute atomic E-state index is 11.5. The minimum Gasteiger partial charge on any atom is -0.456 e. The zero-order valence-electron chi connectivity index (χ0n) is 11.2. The Balaban J connectivity index is 2.43. The van der Waals surface area contributed by atoms with E-state index in [-0.39, 0.29) is 22.0 Å². The number of benzene rings is 2. The molecule has 0 unspecified atom stereocenters. The monoisotopic (exact) mass is 306 g/mol. The van der Waals surface area contributed by atoms with Crippen molar-refractivity contribution in [3.05, 3.63) is 48.0 Å². The van der Waals surface area contributed by atoms with E-state index < -0.39 is 15.7 Å². The van der Waals surface area contributed by atoms with Gasteiger partial charge in [0.2, 0.25) is 0 Å². The number of ether oxygens (including phenoxy) is 1. The number of sulfone groups is 1. The van der Waals surface area contributed by atoms with E-state index in [9.17, 15) is 13.2 Å². The van der Waals surface area contributed by atoms with Gasteiger partial charge in [0.05, 0.1) is 10.5 Å². The zero-order valence-corrected chi connectivity index (χ0v) is 12.1. The fourth-order valence-corrected chi connectivity index (χ4v) is 2.38. The van der Waals surface area contributed by atoms with Crippen LogP contribution < -0.4 is 16.2 Å². The number of carbonyl (C=O) groups excluding carboxylic acids is 1. The van der Waals surface area contributed by atoms with Crippen molar-refractivity contribution in [2.24, 2.45) is 5.73 Å². The van der Waals surface area contributed by atoms with Gasteiger partial charge >= 0.3 is 0 Å². The topological polar surface area (TPSA) is 112 Å². The number of carbonyl (C=O) groups is 1. The lowest BCUT2D eigenvalue weighted by molar-refractivity contribution is 0.0998. The third-order valence-electron chi connectivity index (χ3n) is 2.73. The summed E-state index contributed by atoms with van der Waals surface area (Å²) in [4.78, 5) is 11.5. The Morgan fingerprint density at radius 3 is 2.48 bits per heavy atom. The Labute approximate surface area is 122 Å². The van der Waals surface area contributed by atoms with E-state index in [1.807, 2.05) is 0 Å². The summed E-state index contributed by atoms with van der Waals surface area (Å²) in [6, 6.07) is 10.4. The molecule has 0 spiro atoms. The van der Waals surface area contributed by atoms with Crippen LogP contribution in [0.2, 0.25) is 0 Å². The summed E-state index contributed by atoms with van der Waals surface area (Å²) < 4.78 is 28.6. The molecule has 1 amide bonds. The average Bonchev–Trinajstić information content (AvgIpc) is 2.37. The Morgan fingerprint density at radius 2 is 1.86 bits per heavy atom. The molecule has 7 heteroatoms. The van der Waals surface area contributed by atoms with Crippen LogP contribution in [0.25, 0.3) is 0 Å². The third-order valence-corrected chi connectivity index (χ3v) is 3.84. The van der Waals surface area contributed by atoms with Crippen LogP contribution in [0.5, 0.6) is 11.5 Å². The van der Waals surface area contributed by atoms with Gasteiger partial charge in [-0.3, -0.25) is 4.79 Å². The molecule has 2 rings (SSSR count). The molecule has 0 aliphatic rings. The molecule has 6 nitrogen and oxygen atoms in total. The lowest BCUT2D eigenvalue weighted by atomic mass is 10.1. The number of nitrogens with two attached hydrogens (primary N) is 2. The number of amides is 1. The number of nitrogen functional groups attached to an aromatic ring is 1. The second kappa shape index (κ2) is 5.45. The lowest BCUT2D eigenvalue weighted by Gasteiger charge is -2.10. The van der Waals surface area contributed by atoms with Crippen molar-refractivity contribution in [3.63, 3.8) is 0 Å². The van der Waals surface area contributed by atoms with Crippen LogP contribution in [0.15, 0.2) is 47.4 Å². The van der Waals surface area contributed by atoms with Crippen LogP contribution >= 0.6 is 0 Å². The van der Waals surface area contributed by atoms with Crippen LogP contribution in [0.4, 0.5) is 5.69 Å². The van der Waals surface area contributed by atoms with Crippen molar-refractivity contribution in [3.8, 4) is 11.5 Å². The van der Waals surface area contributed by atoms with Crippen LogP contribution in [0, 0.1) is 0 Å². The number of hydrogen-bond acceptors (Lipinski definition) is 5. The van der Waals surface area contributed by atoms with E-state index in [1.165, 1.54) is 30.3 Å². The quantitative estimate of drug-likeness (QED) is 0.832. The van der Waals surface area contributed by atoms with Gasteiger partial charge in [0, 0.05) is 18.0 Å². The largest absolute Gasteiger partial charge is 0.456 e. The first-order chi connectivity index (χ1) is 9.77. The molecule has 0 aromatic heterocycles. The van der Waals surface area contributed by atoms with E-state index in [0.717, 1.165) is 6.26 Å². The maximum atomic E-state index is 11.5. The van der Waals surface area contributed by atoms with Gasteiger partial charge in [0.25, 0.3) is 5.91 Å². The summed E-state index contributed by atoms with van der Waals surface area (Å²) in [7, 11) is -3.35. The Morgan fingerprint density at radius 1 is 1.14 bits per heavy atom. The Kier molecular flexibility index (Phi) is 3.86. The molecular formula is C14H14N2O4S. The van der Waals surface area contributed by atoms with E-state index >= 15 is 0 Å². The Bertz CT molecular complexity index is 800. The van der Waals surface area contributed by atoms with Crippen molar-refractivity contribution in [1.82, 2.24) is 0 Å². The smallest absolute Gasteiger partial charge is 0.252 e. The molecule has 2 aromatic carbocycles. The highest BCUT2D eigenvalue weighted by Gasteiger charge is 2.13. The van der Waals surface area contributed by atoms with Crippen molar-refractivity contribution in [2.45, 2.75) is 4.90 Å². The molecule has 0 radical (unpaired) electrons. The van der Waals surface area contributed by atoms with Gasteiger partial charge < -0.3 is 16.2 Å². The molecule has 2 aromatic rings. The summed E-state index contributed by atoms with van der Waals surface area (Å²) in [5.74, 6) is -0.219. The highest BCUT2D eigenvalue weighted by molar-refractivity contribution is 7.90. The molecule has 0 heterocycles. The molecule has 4 N–H and O–H groups in total. The predicted octanol–water partition coefficient (Wildman–Crippen LogP) is 1.56. The molecule has 0 atom stereocenters. The minimum absolute atomic E-state index is 0.115. The third kappa shape index (κ3) is 3.51. The van der Waals surface area contributed by atoms with E-state index in [1.54, 1.807) is 12.1 Å². The fourth-order valence-electron chi connectivity index (χ4n) is 1.72. The fraction of sp³-hybridized carbons (Fsp3) is 0.0714. The highest BCUT2D eigenvalue weighted by Crippen LogP contribution is 2.28. The van der Waals surface area contributed by atoms with Gasteiger partial charge in [-0.2, -0.15) is 0 Å². The lowest BCUT2D eigenvalue weighted by Crippen LogP contribution is -2.12. The van der Waals surface area contributed by atoms with Crippen LogP contribution in [-0.2, 0) is 9.84 Å². The van der Waals surface area contributed by atoms with Gasteiger partial charge in [-0.05, 0) is 30.3 Å². The standard InChI is InChI=1S/C14H14N2O4S/c1-21(18,19)11-4-2-3-10(8-11)20-13-7-9(15)5-6-12(13)14(16)17/h2-8H,15H2,1H3,(H2,16,17). The van der Waals surface area contributed by atoms with Crippen molar-refractivity contribution in [2.75, 3.05) is 12.0 Å². The van der Waals surface area contributed by atoms with Gasteiger partial charge in [-0.15, -0.1) is 0 Å². The summed E-state index contributed by atoms with van der Waals surface area (Å²) >= 11 is 0. The first-order valence-electron chi connectivity index (χ1n) is 5.94. The van der Waals surface area contributed by atoms with Crippen LogP contribution in [0.3, 0.4) is 0 Å². The van der Waals surface area contributed by atoms with Crippen LogP contribution in [0.1, 0.15) is 10.4 Å². The van der Waals surface area contributed by atoms with Gasteiger partial charge in [-0.1, -0.05) is 6.07 Å². The van der Waals surface area contributed by atoms with E-state index in [4.69, 9.17) is 16.2 Å². The Hall–Kier alpha value is -2.54. The molecule has 0 saturated heterocycles. The van der Waals surface area contributed by atoms with Gasteiger partial charge in [0.1, 0.15) is 11.5 Å². The predicted molar refractivity (Wildman–Crippen MR) is 79.0 cm³/mol. The molecule has 0 aliphatic carbocycles. The molecule has 0 saturated carbocycles. The van der Waals surface area contributed by atoms with Crippen molar-refractivity contribution >= 4 is 21.4 Å². The zero-order chi connectivity index (χ0) is 15.6. The van der Waals surface area contributed by atoms with E-state index in [2.05, 4.69) is 0 Å². The molecule has 21 heavy (non-hydrogen) atoms. The SMILES string of the molecule is CS(=O)(=O)c1cccc(Oc2cc(N)ccc2C(N)=O)c1. The van der Waals surface area contributed by atoms with E-state index in [0.29, 0.717) is 5.69 Å². The summed E-state index contributed by atoms with van der Waals surface area (Å²) in [5.41, 5.74) is 11.5. The number of primary amides is 1. The second-order valence-electron chi connectivity index (χ2n) is 4.47. The molecule has 0 aliphatic heterocycles. The summed E-state index contributed by atoms with van der Waals surface area (Å²) in [5, 5.41) is 0. The van der Waals surface area contributed by atoms with Crippen LogP contribution in [-0.4, -0.2) is 20.6 Å². The average molecular weight is 306 g/mol. The van der Waals surface area contributed by atoms with Gasteiger partial charge in [-0.25, -0.2) is 8.42 Å². The molecule has 0 fully saturated rings. The number of anilines is 1. The molecule has 110 valence electrons. The summed E-state index contributed by atoms with van der Waals surface area (Å²) in [6.07, 6.45) is 1.10. The number of hydrogen-bond donors (Lipinski definition) is 2.